The van der Waals surface area contributed by atoms with E-state index < -0.39 is 35.6 Å². The Bertz CT molecular complexity index is 1180. The number of thiol groups is 1. The van der Waals surface area contributed by atoms with Crippen LogP contribution in [0.4, 0.5) is 10.5 Å². The van der Waals surface area contributed by atoms with Crippen molar-refractivity contribution in [1.29, 1.82) is 0 Å². The van der Waals surface area contributed by atoms with Crippen molar-refractivity contribution in [2.45, 2.75) is 85.0 Å². The van der Waals surface area contributed by atoms with Gasteiger partial charge >= 0.3 is 6.09 Å². The first-order valence-corrected chi connectivity index (χ1v) is 14.5. The number of nitrogens with zero attached hydrogens (tertiary/aromatic N) is 1. The van der Waals surface area contributed by atoms with Crippen LogP contribution in [0.5, 0.6) is 11.5 Å². The molecule has 226 valence electrons. The highest BCUT2D eigenvalue weighted by molar-refractivity contribution is 7.80. The zero-order valence-corrected chi connectivity index (χ0v) is 26.2. The van der Waals surface area contributed by atoms with Gasteiger partial charge in [0.15, 0.2) is 0 Å². The number of ether oxygens (including phenoxy) is 2. The van der Waals surface area contributed by atoms with Gasteiger partial charge in [0.1, 0.15) is 29.2 Å². The second-order valence-electron chi connectivity index (χ2n) is 11.6. The maximum absolute atomic E-state index is 14.2. The molecule has 0 bridgehead atoms. The number of benzene rings is 2. The maximum atomic E-state index is 14.2. The number of hydrogen-bond donors (Lipinski definition) is 4. The molecule has 0 heterocycles. The third-order valence-electron chi connectivity index (χ3n) is 6.48. The summed E-state index contributed by atoms with van der Waals surface area (Å²) in [4.78, 5) is 42.4. The maximum Gasteiger partial charge on any atom is 0.408 e. The van der Waals surface area contributed by atoms with E-state index in [2.05, 4.69) is 37.1 Å². The van der Waals surface area contributed by atoms with E-state index in [-0.39, 0.29) is 17.5 Å². The molecule has 0 spiro atoms. The van der Waals surface area contributed by atoms with Gasteiger partial charge in [-0.15, -0.1) is 0 Å². The van der Waals surface area contributed by atoms with Gasteiger partial charge in [-0.2, -0.15) is 12.6 Å². The van der Waals surface area contributed by atoms with Gasteiger partial charge in [-0.1, -0.05) is 19.9 Å². The van der Waals surface area contributed by atoms with Gasteiger partial charge in [0.05, 0.1) is 7.11 Å². The van der Waals surface area contributed by atoms with Crippen molar-refractivity contribution in [3.63, 3.8) is 0 Å². The lowest BCUT2D eigenvalue weighted by molar-refractivity contribution is -0.143. The van der Waals surface area contributed by atoms with Gasteiger partial charge in [-0.3, -0.25) is 9.59 Å². The fourth-order valence-corrected chi connectivity index (χ4v) is 4.55. The Morgan fingerprint density at radius 3 is 2.17 bits per heavy atom. The topological polar surface area (TPSA) is 117 Å². The summed E-state index contributed by atoms with van der Waals surface area (Å²) < 4.78 is 10.6. The van der Waals surface area contributed by atoms with Crippen molar-refractivity contribution < 1.29 is 29.0 Å². The van der Waals surface area contributed by atoms with Gasteiger partial charge in [0, 0.05) is 17.5 Å². The molecular formula is C31H45N3O6S. The molecule has 0 aliphatic carbocycles. The van der Waals surface area contributed by atoms with E-state index in [1.807, 2.05) is 6.92 Å². The molecule has 2 aromatic carbocycles. The first kappa shape index (κ1) is 33.8. The van der Waals surface area contributed by atoms with Gasteiger partial charge in [-0.05, 0) is 101 Å². The van der Waals surface area contributed by atoms with E-state index in [0.717, 1.165) is 6.42 Å². The van der Waals surface area contributed by atoms with Gasteiger partial charge in [0.25, 0.3) is 5.91 Å². The summed E-state index contributed by atoms with van der Waals surface area (Å²) in [6, 6.07) is 9.21. The van der Waals surface area contributed by atoms with Gasteiger partial charge < -0.3 is 30.1 Å². The summed E-state index contributed by atoms with van der Waals surface area (Å²) in [5, 5.41) is 15.8. The van der Waals surface area contributed by atoms with Crippen molar-refractivity contribution in [2.75, 3.05) is 18.2 Å². The summed E-state index contributed by atoms with van der Waals surface area (Å²) in [5.41, 5.74) is 0.843. The first-order valence-electron chi connectivity index (χ1n) is 13.8. The van der Waals surface area contributed by atoms with Crippen molar-refractivity contribution in [2.24, 2.45) is 5.92 Å². The number of aromatic hydroxyl groups is 1. The molecular weight excluding hydrogens is 542 g/mol. The zero-order valence-electron chi connectivity index (χ0n) is 25.4. The fourth-order valence-electron chi connectivity index (χ4n) is 4.30. The molecule has 0 aromatic heterocycles. The normalized spacial score (nSPS) is 13.6. The SMILES string of the molecule is COc1ccc(NC(=O)C(c2ccc(O)c(C)c2)N(C(=O)C(CS)NC(=O)OC(C)(C)C)C(C)CCC(C)C)cc1. The Morgan fingerprint density at radius 1 is 1.02 bits per heavy atom. The van der Waals surface area contributed by atoms with Crippen LogP contribution < -0.4 is 15.4 Å². The van der Waals surface area contributed by atoms with Crippen molar-refractivity contribution >= 4 is 36.2 Å². The van der Waals surface area contributed by atoms with Crippen LogP contribution in [0, 0.1) is 12.8 Å². The Balaban J connectivity index is 2.59. The molecule has 3 unspecified atom stereocenters. The number of anilines is 1. The molecule has 0 saturated heterocycles. The number of methoxy groups -OCH3 is 1. The van der Waals surface area contributed by atoms with E-state index in [9.17, 15) is 19.5 Å². The summed E-state index contributed by atoms with van der Waals surface area (Å²) in [5.74, 6) is 0.166. The zero-order chi connectivity index (χ0) is 30.9. The van der Waals surface area contributed by atoms with Crippen LogP contribution in [0.3, 0.4) is 0 Å². The predicted octanol–water partition coefficient (Wildman–Crippen LogP) is 5.87. The van der Waals surface area contributed by atoms with Crippen molar-refractivity contribution in [3.05, 3.63) is 53.6 Å². The van der Waals surface area contributed by atoms with Crippen molar-refractivity contribution in [3.8, 4) is 11.5 Å². The Kier molecular flexibility index (Phi) is 12.4. The number of carbonyl (C=O) groups is 3. The highest BCUT2D eigenvalue weighted by Crippen LogP contribution is 2.31. The van der Waals surface area contributed by atoms with Crippen LogP contribution in [0.1, 0.15) is 71.6 Å². The molecule has 3 N–H and O–H groups in total. The van der Waals surface area contributed by atoms with E-state index in [1.165, 1.54) is 11.0 Å². The number of nitrogens with one attached hydrogen (secondary N) is 2. The minimum Gasteiger partial charge on any atom is -0.508 e. The van der Waals surface area contributed by atoms with Crippen LogP contribution in [-0.4, -0.2) is 58.5 Å². The molecule has 2 rings (SSSR count). The highest BCUT2D eigenvalue weighted by atomic mass is 32.1. The number of carbonyl (C=O) groups excluding carboxylic acids is 3. The second kappa shape index (κ2) is 15.0. The largest absolute Gasteiger partial charge is 0.508 e. The summed E-state index contributed by atoms with van der Waals surface area (Å²) >= 11 is 4.36. The Hall–Kier alpha value is -3.40. The molecule has 3 atom stereocenters. The van der Waals surface area contributed by atoms with Crippen LogP contribution in [0.15, 0.2) is 42.5 Å². The third-order valence-corrected chi connectivity index (χ3v) is 6.85. The minimum absolute atomic E-state index is 0.00704. The Morgan fingerprint density at radius 2 is 1.66 bits per heavy atom. The standard InChI is InChI=1S/C31H45N3O6S/c1-19(2)9-10-21(4)34(29(37)25(18-41)33-30(38)40-31(5,6)7)27(22-11-16-26(35)20(3)17-22)28(36)32-23-12-14-24(39-8)15-13-23/h11-17,19,21,25,27,35,41H,9-10,18H2,1-8H3,(H,32,36)(H,33,38). The molecule has 9 nitrogen and oxygen atoms in total. The number of phenols is 1. The number of amides is 3. The molecule has 0 aliphatic rings. The highest BCUT2D eigenvalue weighted by Gasteiger charge is 2.38. The van der Waals surface area contributed by atoms with Crippen LogP contribution in [0.2, 0.25) is 0 Å². The van der Waals surface area contributed by atoms with E-state index in [4.69, 9.17) is 9.47 Å². The molecule has 10 heteroatoms. The van der Waals surface area contributed by atoms with E-state index in [1.54, 1.807) is 71.2 Å². The van der Waals surface area contributed by atoms with Crippen LogP contribution in [0.25, 0.3) is 0 Å². The predicted molar refractivity (Wildman–Crippen MR) is 165 cm³/mol. The second-order valence-corrected chi connectivity index (χ2v) is 12.0. The minimum atomic E-state index is -1.08. The average Bonchev–Trinajstić information content (AvgIpc) is 2.89. The molecule has 0 radical (unpaired) electrons. The molecule has 0 saturated carbocycles. The lowest BCUT2D eigenvalue weighted by atomic mass is 9.96. The fraction of sp³-hybridized carbons (Fsp3) is 0.516. The summed E-state index contributed by atoms with van der Waals surface area (Å²) in [6.07, 6.45) is 0.690. The number of hydrogen-bond acceptors (Lipinski definition) is 7. The molecule has 0 fully saturated rings. The monoisotopic (exact) mass is 587 g/mol. The third kappa shape index (κ3) is 10.2. The lowest BCUT2D eigenvalue weighted by Gasteiger charge is -2.38. The Labute approximate surface area is 249 Å². The average molecular weight is 588 g/mol. The lowest BCUT2D eigenvalue weighted by Crippen LogP contribution is -2.55. The number of alkyl carbamates (subject to hydrolysis) is 1. The first-order chi connectivity index (χ1) is 19.2. The van der Waals surface area contributed by atoms with E-state index >= 15 is 0 Å². The smallest absolute Gasteiger partial charge is 0.408 e. The molecule has 3 amide bonds. The van der Waals surface area contributed by atoms with E-state index in [0.29, 0.717) is 34.9 Å². The number of aryl methyl sites for hydroxylation is 1. The van der Waals surface area contributed by atoms with Crippen LogP contribution in [-0.2, 0) is 14.3 Å². The van der Waals surface area contributed by atoms with Gasteiger partial charge in [0.2, 0.25) is 5.91 Å². The number of rotatable bonds is 12. The van der Waals surface area contributed by atoms with Crippen LogP contribution >= 0.6 is 12.6 Å². The summed E-state index contributed by atoms with van der Waals surface area (Å²) in [7, 11) is 1.56. The quantitative estimate of drug-likeness (QED) is 0.231. The summed E-state index contributed by atoms with van der Waals surface area (Å²) in [6.45, 7) is 13.0. The van der Waals surface area contributed by atoms with Gasteiger partial charge in [-0.25, -0.2) is 4.79 Å². The van der Waals surface area contributed by atoms with Crippen molar-refractivity contribution in [1.82, 2.24) is 10.2 Å². The number of phenolic OH excluding ortho intramolecular Hbond substituents is 1. The molecule has 41 heavy (non-hydrogen) atoms. The molecule has 2 aromatic rings. The molecule has 0 aliphatic heterocycles.